The zero-order chi connectivity index (χ0) is 24.3. The summed E-state index contributed by atoms with van der Waals surface area (Å²) in [6, 6.07) is 23.0. The highest BCUT2D eigenvalue weighted by molar-refractivity contribution is 8.00. The molecule has 5 nitrogen and oxygen atoms in total. The Kier molecular flexibility index (Phi) is 6.98. The Morgan fingerprint density at radius 2 is 1.65 bits per heavy atom. The van der Waals surface area contributed by atoms with Crippen LogP contribution in [0.1, 0.15) is 54.6 Å². The average molecular weight is 475 g/mol. The summed E-state index contributed by atoms with van der Waals surface area (Å²) in [5.74, 6) is 1.15. The minimum absolute atomic E-state index is 0.0453. The zero-order valence-electron chi connectivity index (χ0n) is 20.0. The van der Waals surface area contributed by atoms with E-state index in [2.05, 4.69) is 26.1 Å². The number of hydrogen-bond donors (Lipinski definition) is 1. The summed E-state index contributed by atoms with van der Waals surface area (Å²) in [7, 11) is 0. The van der Waals surface area contributed by atoms with E-state index in [1.165, 1.54) is 5.56 Å². The number of thioether (sulfide) groups is 1. The van der Waals surface area contributed by atoms with Crippen molar-refractivity contribution in [2.45, 2.75) is 38.5 Å². The molecule has 1 saturated heterocycles. The Bertz CT molecular complexity index is 1150. The van der Waals surface area contributed by atoms with Crippen molar-refractivity contribution in [3.8, 4) is 5.75 Å². The fourth-order valence-electron chi connectivity index (χ4n) is 3.88. The molecule has 3 aromatic carbocycles. The number of carbonyl (C=O) groups is 2. The molecular weight excluding hydrogens is 444 g/mol. The van der Waals surface area contributed by atoms with Crippen LogP contribution in [0.25, 0.3) is 0 Å². The van der Waals surface area contributed by atoms with E-state index in [4.69, 9.17) is 4.74 Å². The van der Waals surface area contributed by atoms with E-state index in [0.29, 0.717) is 17.9 Å². The standard InChI is InChI=1S/C28H30N2O3S/c1-5-33-24-16-14-23(15-17-24)30-25(31)18-34-27(30)20-8-12-22(13-9-20)29-26(32)19-6-10-21(11-7-19)28(2,3)4/h6-17,27H,5,18H2,1-4H3,(H,29,32)/t27-/m1/s1. The van der Waals surface area contributed by atoms with E-state index >= 15 is 0 Å². The van der Waals surface area contributed by atoms with Gasteiger partial charge in [-0.3, -0.25) is 14.5 Å². The van der Waals surface area contributed by atoms with E-state index in [1.807, 2.05) is 84.6 Å². The Morgan fingerprint density at radius 3 is 2.24 bits per heavy atom. The highest BCUT2D eigenvalue weighted by atomic mass is 32.2. The molecule has 2 amide bonds. The molecule has 176 valence electrons. The van der Waals surface area contributed by atoms with Gasteiger partial charge in [-0.1, -0.05) is 45.0 Å². The van der Waals surface area contributed by atoms with Crippen molar-refractivity contribution >= 4 is 35.0 Å². The van der Waals surface area contributed by atoms with E-state index in [-0.39, 0.29) is 22.6 Å². The number of hydrogen-bond acceptors (Lipinski definition) is 4. The molecule has 4 rings (SSSR count). The van der Waals surface area contributed by atoms with E-state index in [9.17, 15) is 9.59 Å². The van der Waals surface area contributed by atoms with Crippen LogP contribution in [0.15, 0.2) is 72.8 Å². The number of nitrogens with one attached hydrogen (secondary N) is 1. The molecule has 1 atom stereocenters. The van der Waals surface area contributed by atoms with Crippen molar-refractivity contribution in [3.05, 3.63) is 89.5 Å². The molecule has 1 N–H and O–H groups in total. The molecule has 3 aromatic rings. The summed E-state index contributed by atoms with van der Waals surface area (Å²) < 4.78 is 5.52. The summed E-state index contributed by atoms with van der Waals surface area (Å²) in [4.78, 5) is 27.2. The fraction of sp³-hybridized carbons (Fsp3) is 0.286. The van der Waals surface area contributed by atoms with E-state index in [0.717, 1.165) is 22.7 Å². The lowest BCUT2D eigenvalue weighted by molar-refractivity contribution is -0.115. The minimum atomic E-state index is -0.144. The summed E-state index contributed by atoms with van der Waals surface area (Å²) in [6.07, 6.45) is 0. The van der Waals surface area contributed by atoms with Gasteiger partial charge in [-0.05, 0) is 72.0 Å². The third-order valence-corrected chi connectivity index (χ3v) is 6.97. The van der Waals surface area contributed by atoms with Gasteiger partial charge >= 0.3 is 0 Å². The molecule has 0 aromatic heterocycles. The van der Waals surface area contributed by atoms with Crippen LogP contribution in [0.5, 0.6) is 5.75 Å². The van der Waals surface area contributed by atoms with E-state index in [1.54, 1.807) is 11.8 Å². The first-order valence-corrected chi connectivity index (χ1v) is 12.5. The van der Waals surface area contributed by atoms with Crippen molar-refractivity contribution in [2.75, 3.05) is 22.6 Å². The van der Waals surface area contributed by atoms with Gasteiger partial charge in [0.2, 0.25) is 5.91 Å². The number of rotatable bonds is 6. The van der Waals surface area contributed by atoms with Crippen LogP contribution in [0.4, 0.5) is 11.4 Å². The van der Waals surface area contributed by atoms with Crippen LogP contribution in [0.3, 0.4) is 0 Å². The fourth-order valence-corrected chi connectivity index (χ4v) is 5.05. The van der Waals surface area contributed by atoms with Crippen LogP contribution in [0.2, 0.25) is 0 Å². The van der Waals surface area contributed by atoms with Crippen LogP contribution >= 0.6 is 11.8 Å². The normalized spacial score (nSPS) is 15.9. The summed E-state index contributed by atoms with van der Waals surface area (Å²) in [6.45, 7) is 9.00. The third-order valence-electron chi connectivity index (χ3n) is 5.76. The maximum absolute atomic E-state index is 12.7. The van der Waals surface area contributed by atoms with Crippen molar-refractivity contribution < 1.29 is 14.3 Å². The molecule has 1 aliphatic rings. The average Bonchev–Trinajstić information content (AvgIpc) is 3.21. The number of nitrogens with zero attached hydrogens (tertiary/aromatic N) is 1. The first-order chi connectivity index (χ1) is 16.3. The van der Waals surface area contributed by atoms with Gasteiger partial charge in [-0.2, -0.15) is 0 Å². The summed E-state index contributed by atoms with van der Waals surface area (Å²) in [5.41, 5.74) is 4.43. The highest BCUT2D eigenvalue weighted by Crippen LogP contribution is 2.42. The van der Waals surface area contributed by atoms with Gasteiger partial charge in [-0.15, -0.1) is 11.8 Å². The highest BCUT2D eigenvalue weighted by Gasteiger charge is 2.34. The maximum atomic E-state index is 12.7. The molecule has 0 saturated carbocycles. The van der Waals surface area contributed by atoms with Crippen LogP contribution in [0, 0.1) is 0 Å². The molecule has 0 aliphatic carbocycles. The first-order valence-electron chi connectivity index (χ1n) is 11.4. The molecule has 6 heteroatoms. The molecular formula is C28H30N2O3S. The lowest BCUT2D eigenvalue weighted by atomic mass is 9.87. The van der Waals surface area contributed by atoms with Gasteiger partial charge in [0.1, 0.15) is 11.1 Å². The summed E-state index contributed by atoms with van der Waals surface area (Å²) >= 11 is 1.60. The Hall–Kier alpha value is -3.25. The van der Waals surface area contributed by atoms with Crippen molar-refractivity contribution in [1.82, 2.24) is 0 Å². The third kappa shape index (κ3) is 5.28. The largest absolute Gasteiger partial charge is 0.494 e. The van der Waals surface area contributed by atoms with Gasteiger partial charge in [0, 0.05) is 16.9 Å². The van der Waals surface area contributed by atoms with E-state index < -0.39 is 0 Å². The van der Waals surface area contributed by atoms with Crippen LogP contribution in [-0.2, 0) is 10.2 Å². The minimum Gasteiger partial charge on any atom is -0.494 e. The number of benzene rings is 3. The Labute approximate surface area is 205 Å². The zero-order valence-corrected chi connectivity index (χ0v) is 20.8. The number of amides is 2. The van der Waals surface area contributed by atoms with Gasteiger partial charge < -0.3 is 10.1 Å². The molecule has 0 unspecified atom stereocenters. The smallest absolute Gasteiger partial charge is 0.255 e. The molecule has 0 radical (unpaired) electrons. The number of ether oxygens (including phenoxy) is 1. The first kappa shape index (κ1) is 23.9. The van der Waals surface area contributed by atoms with Crippen molar-refractivity contribution in [2.24, 2.45) is 0 Å². The van der Waals surface area contributed by atoms with Gasteiger partial charge in [0.25, 0.3) is 5.91 Å². The lowest BCUT2D eigenvalue weighted by Crippen LogP contribution is -2.27. The molecule has 1 aliphatic heterocycles. The molecule has 0 bridgehead atoms. The second-order valence-electron chi connectivity index (χ2n) is 9.26. The SMILES string of the molecule is CCOc1ccc(N2C(=O)CS[C@@H]2c2ccc(NC(=O)c3ccc(C(C)(C)C)cc3)cc2)cc1. The van der Waals surface area contributed by atoms with Crippen LogP contribution in [-0.4, -0.2) is 24.2 Å². The predicted molar refractivity (Wildman–Crippen MR) is 140 cm³/mol. The molecule has 0 spiro atoms. The second kappa shape index (κ2) is 9.94. The second-order valence-corrected chi connectivity index (χ2v) is 10.3. The van der Waals surface area contributed by atoms with Gasteiger partial charge in [0.05, 0.1) is 12.4 Å². The molecule has 1 fully saturated rings. The molecule has 1 heterocycles. The number of anilines is 2. The lowest BCUT2D eigenvalue weighted by Gasteiger charge is -2.24. The molecule has 34 heavy (non-hydrogen) atoms. The van der Waals surface area contributed by atoms with Gasteiger partial charge in [0.15, 0.2) is 0 Å². The Morgan fingerprint density at radius 1 is 1.00 bits per heavy atom. The summed E-state index contributed by atoms with van der Waals surface area (Å²) in [5, 5.41) is 2.85. The van der Waals surface area contributed by atoms with Crippen LogP contribution < -0.4 is 15.0 Å². The topological polar surface area (TPSA) is 58.6 Å². The monoisotopic (exact) mass is 474 g/mol. The predicted octanol–water partition coefficient (Wildman–Crippen LogP) is 6.41. The van der Waals surface area contributed by atoms with Crippen molar-refractivity contribution in [1.29, 1.82) is 0 Å². The number of carbonyl (C=O) groups excluding carboxylic acids is 2. The Balaban J connectivity index is 1.46. The quantitative estimate of drug-likeness (QED) is 0.448. The van der Waals surface area contributed by atoms with Gasteiger partial charge in [-0.25, -0.2) is 0 Å². The van der Waals surface area contributed by atoms with Crippen molar-refractivity contribution in [3.63, 3.8) is 0 Å². The maximum Gasteiger partial charge on any atom is 0.255 e.